The van der Waals surface area contributed by atoms with Crippen LogP contribution in [0.5, 0.6) is 0 Å². The van der Waals surface area contributed by atoms with Crippen molar-refractivity contribution in [2.75, 3.05) is 0 Å². The third-order valence-corrected chi connectivity index (χ3v) is 5.26. The molecule has 5 nitrogen and oxygen atoms in total. The number of amides is 1. The van der Waals surface area contributed by atoms with Crippen LogP contribution in [0.3, 0.4) is 0 Å². The lowest BCUT2D eigenvalue weighted by atomic mass is 9.80. The molecule has 1 amide bonds. The summed E-state index contributed by atoms with van der Waals surface area (Å²) in [5.74, 6) is 0.276. The van der Waals surface area contributed by atoms with E-state index in [4.69, 9.17) is 10.7 Å². The van der Waals surface area contributed by atoms with Crippen molar-refractivity contribution in [3.05, 3.63) is 18.0 Å². The van der Waals surface area contributed by atoms with Crippen molar-refractivity contribution in [2.45, 2.75) is 50.6 Å². The first-order valence-corrected chi connectivity index (χ1v) is 9.09. The smallest absolute Gasteiger partial charge is 0.268 e. The molecule has 0 aliphatic heterocycles. The van der Waals surface area contributed by atoms with Gasteiger partial charge in [-0.15, -0.1) is 0 Å². The Morgan fingerprint density at radius 3 is 2.65 bits per heavy atom. The average molecular weight is 319 g/mol. The molecule has 1 aromatic rings. The first-order chi connectivity index (χ1) is 9.32. The Hall–Kier alpha value is -1.01. The number of aryl methyl sites for hydroxylation is 1. The van der Waals surface area contributed by atoms with Gasteiger partial charge in [-0.2, -0.15) is 0 Å². The van der Waals surface area contributed by atoms with Gasteiger partial charge < -0.3 is 9.88 Å². The Bertz CT molecular complexity index is 605. The van der Waals surface area contributed by atoms with Crippen LogP contribution in [0, 0.1) is 5.92 Å². The van der Waals surface area contributed by atoms with Crippen LogP contribution in [0.1, 0.15) is 43.6 Å². The molecule has 112 valence electrons. The highest BCUT2D eigenvalue weighted by Gasteiger charge is 2.26. The van der Waals surface area contributed by atoms with E-state index < -0.39 is 9.05 Å². The van der Waals surface area contributed by atoms with Crippen molar-refractivity contribution in [1.82, 2.24) is 9.88 Å². The zero-order valence-electron chi connectivity index (χ0n) is 11.6. The predicted octanol–water partition coefficient (Wildman–Crippen LogP) is 2.35. The van der Waals surface area contributed by atoms with Crippen molar-refractivity contribution in [2.24, 2.45) is 5.92 Å². The molecule has 2 rings (SSSR count). The minimum Gasteiger partial charge on any atom is -0.348 e. The van der Waals surface area contributed by atoms with Gasteiger partial charge >= 0.3 is 0 Å². The number of nitrogens with one attached hydrogen (secondary N) is 1. The zero-order chi connectivity index (χ0) is 14.9. The molecular weight excluding hydrogens is 300 g/mol. The number of nitrogens with zero attached hydrogens (tertiary/aromatic N) is 1. The van der Waals surface area contributed by atoms with Crippen LogP contribution >= 0.6 is 10.7 Å². The maximum atomic E-state index is 12.2. The first kappa shape index (κ1) is 15.4. The Morgan fingerprint density at radius 2 is 2.20 bits per heavy atom. The predicted molar refractivity (Wildman–Crippen MR) is 77.4 cm³/mol. The molecule has 1 unspecified atom stereocenters. The van der Waals surface area contributed by atoms with E-state index in [2.05, 4.69) is 5.32 Å². The lowest BCUT2D eigenvalue weighted by Gasteiger charge is -2.31. The molecule has 1 aromatic heterocycles. The number of rotatable bonds is 5. The Morgan fingerprint density at radius 1 is 1.55 bits per heavy atom. The van der Waals surface area contributed by atoms with Crippen molar-refractivity contribution in [3.63, 3.8) is 0 Å². The number of hydrogen-bond donors (Lipinski definition) is 1. The van der Waals surface area contributed by atoms with Crippen LogP contribution in [-0.4, -0.2) is 24.9 Å². The van der Waals surface area contributed by atoms with Crippen molar-refractivity contribution in [1.29, 1.82) is 0 Å². The molecule has 1 atom stereocenters. The summed E-state index contributed by atoms with van der Waals surface area (Å²) in [4.78, 5) is 12.2. The van der Waals surface area contributed by atoms with E-state index in [0.29, 0.717) is 18.2 Å². The van der Waals surface area contributed by atoms with E-state index in [-0.39, 0.29) is 16.8 Å². The van der Waals surface area contributed by atoms with Crippen molar-refractivity contribution < 1.29 is 13.2 Å². The molecule has 1 aliphatic carbocycles. The van der Waals surface area contributed by atoms with Gasteiger partial charge in [0.1, 0.15) is 10.6 Å². The molecule has 20 heavy (non-hydrogen) atoms. The van der Waals surface area contributed by atoms with E-state index >= 15 is 0 Å². The summed E-state index contributed by atoms with van der Waals surface area (Å²) in [6, 6.07) is 1.43. The maximum absolute atomic E-state index is 12.2. The van der Waals surface area contributed by atoms with Gasteiger partial charge in [0, 0.05) is 29.5 Å². The summed E-state index contributed by atoms with van der Waals surface area (Å²) in [5.41, 5.74) is 0.331. The van der Waals surface area contributed by atoms with Gasteiger partial charge in [0.2, 0.25) is 0 Å². The molecule has 1 fully saturated rings. The van der Waals surface area contributed by atoms with Gasteiger partial charge in [0.15, 0.2) is 0 Å². The van der Waals surface area contributed by atoms with E-state index in [1.807, 2.05) is 13.8 Å². The Kier molecular flexibility index (Phi) is 4.44. The standard InChI is InChI=1S/C13H19ClN2O3S/c1-3-16-8-11(20(14,18)19)7-12(16)13(17)15-9(2)10-5-4-6-10/h7-10H,3-6H2,1-2H3,(H,15,17). The minimum atomic E-state index is -3.82. The molecule has 0 spiro atoms. The fourth-order valence-corrected chi connectivity index (χ4v) is 3.17. The summed E-state index contributed by atoms with van der Waals surface area (Å²) in [5, 5.41) is 2.94. The largest absolute Gasteiger partial charge is 0.348 e. The molecule has 0 saturated heterocycles. The van der Waals surface area contributed by atoms with Gasteiger partial charge in [-0.3, -0.25) is 4.79 Å². The molecule has 7 heteroatoms. The Labute approximate surface area is 123 Å². The highest BCUT2D eigenvalue weighted by atomic mass is 35.7. The van der Waals surface area contributed by atoms with Gasteiger partial charge in [-0.05, 0) is 38.7 Å². The quantitative estimate of drug-likeness (QED) is 0.847. The van der Waals surface area contributed by atoms with E-state index in [9.17, 15) is 13.2 Å². The SMILES string of the molecule is CCn1cc(S(=O)(=O)Cl)cc1C(=O)NC(C)C1CCC1. The van der Waals surface area contributed by atoms with Crippen LogP contribution in [0.15, 0.2) is 17.2 Å². The first-order valence-electron chi connectivity index (χ1n) is 6.78. The molecule has 1 N–H and O–H groups in total. The number of halogens is 1. The molecule has 0 aromatic carbocycles. The molecule has 1 heterocycles. The molecule has 0 radical (unpaired) electrons. The molecular formula is C13H19ClN2O3S. The highest BCUT2D eigenvalue weighted by molar-refractivity contribution is 8.13. The maximum Gasteiger partial charge on any atom is 0.268 e. The van der Waals surface area contributed by atoms with Crippen LogP contribution < -0.4 is 5.32 Å². The third-order valence-electron chi connectivity index (χ3n) is 3.94. The van der Waals surface area contributed by atoms with Gasteiger partial charge in [0.05, 0.1) is 0 Å². The summed E-state index contributed by atoms with van der Waals surface area (Å²) >= 11 is 0. The molecule has 1 saturated carbocycles. The fraction of sp³-hybridized carbons (Fsp3) is 0.615. The van der Waals surface area contributed by atoms with Gasteiger partial charge in [0.25, 0.3) is 15.0 Å². The lowest BCUT2D eigenvalue weighted by Crippen LogP contribution is -2.41. The summed E-state index contributed by atoms with van der Waals surface area (Å²) in [7, 11) is 1.51. The normalized spacial score (nSPS) is 17.6. The van der Waals surface area contributed by atoms with Crippen molar-refractivity contribution >= 4 is 25.6 Å². The highest BCUT2D eigenvalue weighted by Crippen LogP contribution is 2.29. The Balaban J connectivity index is 2.18. The topological polar surface area (TPSA) is 68.2 Å². The average Bonchev–Trinajstić information content (AvgIpc) is 2.69. The zero-order valence-corrected chi connectivity index (χ0v) is 13.2. The van der Waals surface area contributed by atoms with Crippen LogP contribution in [0.25, 0.3) is 0 Å². The monoisotopic (exact) mass is 318 g/mol. The molecule has 0 bridgehead atoms. The number of carbonyl (C=O) groups excluding carboxylic acids is 1. The second kappa shape index (κ2) is 5.77. The summed E-state index contributed by atoms with van der Waals surface area (Å²) in [6.45, 7) is 4.34. The van der Waals surface area contributed by atoms with E-state index in [1.165, 1.54) is 18.7 Å². The second-order valence-corrected chi connectivity index (χ2v) is 7.80. The molecule has 1 aliphatic rings. The summed E-state index contributed by atoms with van der Waals surface area (Å²) < 4.78 is 24.3. The fourth-order valence-electron chi connectivity index (χ4n) is 2.41. The summed E-state index contributed by atoms with van der Waals surface area (Å²) in [6.07, 6.45) is 4.88. The lowest BCUT2D eigenvalue weighted by molar-refractivity contribution is 0.0900. The van der Waals surface area contributed by atoms with E-state index in [0.717, 1.165) is 12.8 Å². The van der Waals surface area contributed by atoms with E-state index in [1.54, 1.807) is 4.57 Å². The third kappa shape index (κ3) is 3.17. The minimum absolute atomic E-state index is 0.0394. The van der Waals surface area contributed by atoms with Crippen LogP contribution in [-0.2, 0) is 15.6 Å². The van der Waals surface area contributed by atoms with Gasteiger partial charge in [-0.25, -0.2) is 8.42 Å². The number of carbonyl (C=O) groups is 1. The van der Waals surface area contributed by atoms with Crippen LogP contribution in [0.4, 0.5) is 0 Å². The van der Waals surface area contributed by atoms with Gasteiger partial charge in [-0.1, -0.05) is 6.42 Å². The second-order valence-electron chi connectivity index (χ2n) is 5.24. The van der Waals surface area contributed by atoms with Crippen molar-refractivity contribution in [3.8, 4) is 0 Å². The van der Waals surface area contributed by atoms with Crippen LogP contribution in [0.2, 0.25) is 0 Å². The number of aromatic nitrogens is 1. The number of hydrogen-bond acceptors (Lipinski definition) is 3.